The van der Waals surface area contributed by atoms with Gasteiger partial charge in [0.2, 0.25) is 5.91 Å². The Balaban J connectivity index is 1.03. The second kappa shape index (κ2) is 18.4. The van der Waals surface area contributed by atoms with Crippen LogP contribution in [-0.2, 0) is 22.4 Å². The number of carboxylic acid groups (broad SMARTS) is 1. The third-order valence-electron chi connectivity index (χ3n) is 8.77. The molecule has 2 atom stereocenters. The fourth-order valence-corrected chi connectivity index (χ4v) is 6.34. The Labute approximate surface area is 288 Å². The monoisotopic (exact) mass is 662 g/mol. The number of carbonyl (C=O) groups is 3. The molecule has 256 valence electrons. The predicted molar refractivity (Wildman–Crippen MR) is 191 cm³/mol. The minimum atomic E-state index is -1.02. The van der Waals surface area contributed by atoms with Crippen LogP contribution in [0.4, 0.5) is 9.59 Å². The Hall–Kier alpha value is -5.15. The van der Waals surface area contributed by atoms with Crippen molar-refractivity contribution in [1.82, 2.24) is 21.3 Å². The van der Waals surface area contributed by atoms with Gasteiger partial charge in [0, 0.05) is 36.7 Å². The molecule has 0 spiro atoms. The van der Waals surface area contributed by atoms with Crippen molar-refractivity contribution in [2.24, 2.45) is 0 Å². The number of ether oxygens (including phenoxy) is 1. The zero-order valence-corrected chi connectivity index (χ0v) is 27.8. The molecule has 5 N–H and O–H groups in total. The van der Waals surface area contributed by atoms with Gasteiger partial charge >= 0.3 is 12.2 Å². The van der Waals surface area contributed by atoms with E-state index in [2.05, 4.69) is 21.3 Å². The van der Waals surface area contributed by atoms with Crippen LogP contribution < -0.4 is 21.3 Å². The average molecular weight is 663 g/mol. The molecule has 4 aromatic carbocycles. The van der Waals surface area contributed by atoms with E-state index in [-0.39, 0.29) is 11.9 Å². The number of unbranched alkanes of at least 4 members (excludes halogenated alkanes) is 4. The van der Waals surface area contributed by atoms with Crippen molar-refractivity contribution >= 4 is 18.1 Å². The molecular weight excluding hydrogens is 616 g/mol. The van der Waals surface area contributed by atoms with Gasteiger partial charge in [0.25, 0.3) is 0 Å². The molecule has 9 nitrogen and oxygen atoms in total. The van der Waals surface area contributed by atoms with Gasteiger partial charge in [-0.25, -0.2) is 9.59 Å². The van der Waals surface area contributed by atoms with Gasteiger partial charge in [0.05, 0.1) is 0 Å². The van der Waals surface area contributed by atoms with Crippen LogP contribution in [0.1, 0.15) is 60.5 Å². The topological polar surface area (TPSA) is 129 Å². The molecule has 5 rings (SSSR count). The van der Waals surface area contributed by atoms with Crippen LogP contribution in [0, 0.1) is 0 Å². The van der Waals surface area contributed by atoms with Crippen molar-refractivity contribution in [3.63, 3.8) is 0 Å². The molecule has 49 heavy (non-hydrogen) atoms. The molecule has 9 heteroatoms. The van der Waals surface area contributed by atoms with Crippen LogP contribution >= 0.6 is 0 Å². The van der Waals surface area contributed by atoms with Gasteiger partial charge < -0.3 is 31.1 Å². The molecular formula is C40H46N4O5. The van der Waals surface area contributed by atoms with E-state index in [1.165, 1.54) is 0 Å². The number of amides is 3. The second-order valence-corrected chi connectivity index (χ2v) is 12.4. The highest BCUT2D eigenvalue weighted by Crippen LogP contribution is 2.45. The maximum atomic E-state index is 13.3. The Morgan fingerprint density at radius 2 is 1.16 bits per heavy atom. The van der Waals surface area contributed by atoms with Crippen LogP contribution in [0.25, 0.3) is 11.1 Å². The first kappa shape index (κ1) is 35.2. The summed E-state index contributed by atoms with van der Waals surface area (Å²) in [5, 5.41) is 21.0. The summed E-state index contributed by atoms with van der Waals surface area (Å²) in [7, 11) is 0. The van der Waals surface area contributed by atoms with Crippen molar-refractivity contribution in [1.29, 1.82) is 0 Å². The highest BCUT2D eigenvalue weighted by molar-refractivity contribution is 5.86. The molecule has 0 saturated carbocycles. The van der Waals surface area contributed by atoms with Gasteiger partial charge in [0.15, 0.2) is 6.10 Å². The Kier molecular flexibility index (Phi) is 13.2. The van der Waals surface area contributed by atoms with E-state index in [4.69, 9.17) is 4.74 Å². The average Bonchev–Trinajstić information content (AvgIpc) is 3.42. The standard InChI is InChI=1S/C40H46N4O5/c45-38(42-25-15-3-1-2-14-24-41-28-31(43-39(46)47)26-29-16-6-4-7-17-29)36(27-30-18-8-5-9-19-30)44-40(48)49-37-34-22-12-10-20-32(34)33-21-11-13-23-35(33)37/h4-13,16-23,31,36-37,41,43H,1-3,14-15,24-28H2,(H,42,45)(H,44,48)(H,46,47). The van der Waals surface area contributed by atoms with Gasteiger partial charge in [0.1, 0.15) is 6.04 Å². The molecule has 0 aromatic heterocycles. The van der Waals surface area contributed by atoms with E-state index in [0.717, 1.165) is 72.0 Å². The highest BCUT2D eigenvalue weighted by Gasteiger charge is 2.32. The number of fused-ring (bicyclic) bond motifs is 3. The quantitative estimate of drug-likeness (QED) is 0.0762. The maximum absolute atomic E-state index is 13.3. The number of hydrogen-bond acceptors (Lipinski definition) is 5. The Morgan fingerprint density at radius 3 is 1.78 bits per heavy atom. The largest absolute Gasteiger partial charge is 0.465 e. The molecule has 0 heterocycles. The zero-order valence-electron chi connectivity index (χ0n) is 27.8. The first-order valence-corrected chi connectivity index (χ1v) is 17.2. The number of carbonyl (C=O) groups excluding carboxylic acids is 2. The fraction of sp³-hybridized carbons (Fsp3) is 0.325. The van der Waals surface area contributed by atoms with Crippen molar-refractivity contribution in [2.45, 2.75) is 63.1 Å². The molecule has 0 bridgehead atoms. The van der Waals surface area contributed by atoms with Crippen LogP contribution in [0.15, 0.2) is 109 Å². The third-order valence-corrected chi connectivity index (χ3v) is 8.77. The van der Waals surface area contributed by atoms with Crippen LogP contribution in [-0.4, -0.2) is 54.9 Å². The van der Waals surface area contributed by atoms with Crippen molar-refractivity contribution < 1.29 is 24.2 Å². The van der Waals surface area contributed by atoms with E-state index in [1.54, 1.807) is 0 Å². The van der Waals surface area contributed by atoms with Gasteiger partial charge in [-0.3, -0.25) is 4.79 Å². The van der Waals surface area contributed by atoms with E-state index < -0.39 is 24.3 Å². The first-order chi connectivity index (χ1) is 24.0. The molecule has 3 amide bonds. The normalized spacial score (nSPS) is 13.1. The highest BCUT2D eigenvalue weighted by atomic mass is 16.6. The summed E-state index contributed by atoms with van der Waals surface area (Å²) in [5.41, 5.74) is 6.00. The number of nitrogens with one attached hydrogen (secondary N) is 4. The molecule has 0 aliphatic heterocycles. The van der Waals surface area contributed by atoms with E-state index in [9.17, 15) is 19.5 Å². The van der Waals surface area contributed by atoms with E-state index >= 15 is 0 Å². The lowest BCUT2D eigenvalue weighted by Gasteiger charge is -2.21. The van der Waals surface area contributed by atoms with Crippen LogP contribution in [0.2, 0.25) is 0 Å². The number of rotatable bonds is 18. The third kappa shape index (κ3) is 10.7. The van der Waals surface area contributed by atoms with Crippen molar-refractivity contribution in [3.05, 3.63) is 131 Å². The van der Waals surface area contributed by atoms with Crippen LogP contribution in [0.5, 0.6) is 0 Å². The molecule has 1 aliphatic carbocycles. The summed E-state index contributed by atoms with van der Waals surface area (Å²) >= 11 is 0. The second-order valence-electron chi connectivity index (χ2n) is 12.4. The SMILES string of the molecule is O=C(O)NC(CNCCCCCCCNC(=O)C(Cc1ccccc1)NC(=O)OC1c2ccccc2-c2ccccc21)Cc1ccccc1. The summed E-state index contributed by atoms with van der Waals surface area (Å²) in [6, 6.07) is 34.4. The van der Waals surface area contributed by atoms with Crippen molar-refractivity contribution in [2.75, 3.05) is 19.6 Å². The fourth-order valence-electron chi connectivity index (χ4n) is 6.34. The van der Waals surface area contributed by atoms with Gasteiger partial charge in [-0.2, -0.15) is 0 Å². The lowest BCUT2D eigenvalue weighted by molar-refractivity contribution is -0.123. The van der Waals surface area contributed by atoms with Gasteiger partial charge in [-0.1, -0.05) is 128 Å². The minimum Gasteiger partial charge on any atom is -0.465 e. The smallest absolute Gasteiger partial charge is 0.408 e. The maximum Gasteiger partial charge on any atom is 0.408 e. The number of benzene rings is 4. The minimum absolute atomic E-state index is 0.193. The molecule has 0 saturated heterocycles. The molecule has 0 radical (unpaired) electrons. The summed E-state index contributed by atoms with van der Waals surface area (Å²) in [5.74, 6) is -0.239. The van der Waals surface area contributed by atoms with Crippen LogP contribution in [0.3, 0.4) is 0 Å². The zero-order chi connectivity index (χ0) is 34.3. The summed E-state index contributed by atoms with van der Waals surface area (Å²) in [4.78, 5) is 37.8. The number of hydrogen-bond donors (Lipinski definition) is 5. The summed E-state index contributed by atoms with van der Waals surface area (Å²) in [6.45, 7) is 1.90. The molecule has 1 aliphatic rings. The van der Waals surface area contributed by atoms with E-state index in [0.29, 0.717) is 25.9 Å². The lowest BCUT2D eigenvalue weighted by atomic mass is 10.1. The van der Waals surface area contributed by atoms with Gasteiger partial charge in [-0.15, -0.1) is 0 Å². The summed E-state index contributed by atoms with van der Waals surface area (Å²) < 4.78 is 5.97. The molecule has 4 aromatic rings. The van der Waals surface area contributed by atoms with E-state index in [1.807, 2.05) is 109 Å². The molecule has 2 unspecified atom stereocenters. The Morgan fingerprint density at radius 1 is 0.633 bits per heavy atom. The lowest BCUT2D eigenvalue weighted by Crippen LogP contribution is -2.48. The Bertz CT molecular complexity index is 1600. The first-order valence-electron chi connectivity index (χ1n) is 17.2. The van der Waals surface area contributed by atoms with Gasteiger partial charge in [-0.05, 0) is 48.1 Å². The molecule has 0 fully saturated rings. The summed E-state index contributed by atoms with van der Waals surface area (Å²) in [6.07, 6.45) is 3.65. The van der Waals surface area contributed by atoms with Crippen molar-refractivity contribution in [3.8, 4) is 11.1 Å². The predicted octanol–water partition coefficient (Wildman–Crippen LogP) is 6.63. The number of alkyl carbamates (subject to hydrolysis) is 1.